The van der Waals surface area contributed by atoms with Crippen LogP contribution in [0.25, 0.3) is 0 Å². The summed E-state index contributed by atoms with van der Waals surface area (Å²) in [5, 5.41) is 5.97. The summed E-state index contributed by atoms with van der Waals surface area (Å²) < 4.78 is 0. The molecule has 0 aliphatic carbocycles. The molecule has 1 aliphatic heterocycles. The highest BCUT2D eigenvalue weighted by Gasteiger charge is 2.27. The van der Waals surface area contributed by atoms with E-state index in [1.54, 1.807) is 12.4 Å². The lowest BCUT2D eigenvalue weighted by Crippen LogP contribution is -2.23. The summed E-state index contributed by atoms with van der Waals surface area (Å²) >= 11 is 0. The zero-order valence-electron chi connectivity index (χ0n) is 16.4. The number of hydrogen-bond acceptors (Lipinski definition) is 6. The molecule has 2 N–H and O–H groups in total. The number of amides is 1. The fourth-order valence-electron chi connectivity index (χ4n) is 3.65. The minimum Gasteiger partial charge on any atom is -0.326 e. The summed E-state index contributed by atoms with van der Waals surface area (Å²) in [6.45, 7) is 3.39. The van der Waals surface area contributed by atoms with Crippen molar-refractivity contribution >= 4 is 23.4 Å². The molecule has 0 saturated carbocycles. The summed E-state index contributed by atoms with van der Waals surface area (Å²) in [4.78, 5) is 27.0. The van der Waals surface area contributed by atoms with Gasteiger partial charge in [0.05, 0.1) is 11.7 Å². The van der Waals surface area contributed by atoms with Gasteiger partial charge in [-0.3, -0.25) is 9.69 Å². The summed E-state index contributed by atoms with van der Waals surface area (Å²) in [7, 11) is 0. The maximum Gasteiger partial charge on any atom is 0.228 e. The smallest absolute Gasteiger partial charge is 0.228 e. The lowest BCUT2D eigenvalue weighted by Gasteiger charge is -2.24. The zero-order chi connectivity index (χ0) is 20.1. The van der Waals surface area contributed by atoms with E-state index in [1.165, 1.54) is 12.5 Å². The van der Waals surface area contributed by atoms with E-state index in [-0.39, 0.29) is 11.9 Å². The first-order valence-electron chi connectivity index (χ1n) is 9.79. The Hall–Kier alpha value is -3.32. The van der Waals surface area contributed by atoms with Gasteiger partial charge in [-0.05, 0) is 55.3 Å². The summed E-state index contributed by atoms with van der Waals surface area (Å²) in [6, 6.07) is 16.0. The van der Waals surface area contributed by atoms with Crippen molar-refractivity contribution in [2.75, 3.05) is 17.2 Å². The van der Waals surface area contributed by atoms with Gasteiger partial charge in [-0.25, -0.2) is 15.0 Å². The Kier molecular flexibility index (Phi) is 5.76. The number of rotatable bonds is 6. The lowest BCUT2D eigenvalue weighted by atomic mass is 10.1. The number of pyridine rings is 1. The summed E-state index contributed by atoms with van der Waals surface area (Å²) in [6.07, 6.45) is 5.75. The molecule has 7 nitrogen and oxygen atoms in total. The molecule has 0 bridgehead atoms. The van der Waals surface area contributed by atoms with E-state index in [1.807, 2.05) is 36.4 Å². The molecule has 2 aromatic heterocycles. The van der Waals surface area contributed by atoms with Gasteiger partial charge >= 0.3 is 0 Å². The fraction of sp³-hybridized carbons (Fsp3) is 0.273. The number of carbonyl (C=O) groups excluding carboxylic acids is 1. The van der Waals surface area contributed by atoms with Crippen molar-refractivity contribution in [2.24, 2.45) is 0 Å². The van der Waals surface area contributed by atoms with Crippen LogP contribution in [0.4, 0.5) is 17.5 Å². The number of hydrogen-bond donors (Lipinski definition) is 2. The van der Waals surface area contributed by atoms with Gasteiger partial charge < -0.3 is 10.6 Å². The Balaban J connectivity index is 1.45. The molecule has 0 unspecified atom stereocenters. The number of benzene rings is 1. The number of aromatic nitrogens is 3. The minimum absolute atomic E-state index is 0.0590. The molecule has 0 radical (unpaired) electrons. The van der Waals surface area contributed by atoms with E-state index in [0.29, 0.717) is 5.95 Å². The van der Waals surface area contributed by atoms with Gasteiger partial charge in [-0.2, -0.15) is 0 Å². The quantitative estimate of drug-likeness (QED) is 0.666. The van der Waals surface area contributed by atoms with Crippen LogP contribution < -0.4 is 10.6 Å². The monoisotopic (exact) mass is 388 g/mol. The first-order valence-corrected chi connectivity index (χ1v) is 9.79. The van der Waals surface area contributed by atoms with E-state index in [2.05, 4.69) is 37.6 Å². The molecular weight excluding hydrogens is 364 g/mol. The molecule has 0 spiro atoms. The van der Waals surface area contributed by atoms with Gasteiger partial charge in [0, 0.05) is 31.5 Å². The van der Waals surface area contributed by atoms with E-state index < -0.39 is 0 Å². The largest absolute Gasteiger partial charge is 0.326 e. The molecule has 4 rings (SSSR count). The Morgan fingerprint density at radius 2 is 1.97 bits per heavy atom. The van der Waals surface area contributed by atoms with E-state index in [4.69, 9.17) is 4.98 Å². The van der Waals surface area contributed by atoms with Crippen molar-refractivity contribution in [1.82, 2.24) is 19.9 Å². The van der Waals surface area contributed by atoms with Crippen LogP contribution in [0.1, 0.15) is 37.1 Å². The highest BCUT2D eigenvalue weighted by molar-refractivity contribution is 5.88. The van der Waals surface area contributed by atoms with Crippen LogP contribution >= 0.6 is 0 Å². The standard InChI is InChI=1S/C22H24N6O/c1-16(29)25-18-9-7-17(8-10-18)15-28-14-4-5-20(28)19-11-13-24-22(26-19)27-21-6-2-3-12-23-21/h2-3,6-13,20H,4-5,14-15H2,1H3,(H,25,29)(H,23,24,26,27)/t20-/m0/s1. The Labute approximate surface area is 170 Å². The highest BCUT2D eigenvalue weighted by Crippen LogP contribution is 2.32. The molecule has 148 valence electrons. The van der Waals surface area contributed by atoms with Crippen LogP contribution in [0.5, 0.6) is 0 Å². The number of nitrogens with zero attached hydrogens (tertiary/aromatic N) is 4. The first-order chi connectivity index (χ1) is 14.2. The molecule has 1 amide bonds. The maximum absolute atomic E-state index is 11.2. The number of nitrogens with one attached hydrogen (secondary N) is 2. The molecule has 1 atom stereocenters. The highest BCUT2D eigenvalue weighted by atomic mass is 16.1. The molecule has 3 aromatic rings. The third kappa shape index (κ3) is 4.94. The van der Waals surface area contributed by atoms with Crippen molar-refractivity contribution in [3.8, 4) is 0 Å². The van der Waals surface area contributed by atoms with Gasteiger partial charge in [-0.1, -0.05) is 18.2 Å². The Morgan fingerprint density at radius 1 is 1.10 bits per heavy atom. The van der Waals surface area contributed by atoms with E-state index in [9.17, 15) is 4.79 Å². The molecule has 7 heteroatoms. The third-order valence-electron chi connectivity index (χ3n) is 4.95. The second kappa shape index (κ2) is 8.79. The van der Waals surface area contributed by atoms with Gasteiger partial charge in [0.1, 0.15) is 5.82 Å². The molecule has 1 fully saturated rings. The van der Waals surface area contributed by atoms with Crippen LogP contribution in [0, 0.1) is 0 Å². The van der Waals surface area contributed by atoms with Crippen LogP contribution in [0.2, 0.25) is 0 Å². The van der Waals surface area contributed by atoms with Crippen molar-refractivity contribution in [3.63, 3.8) is 0 Å². The minimum atomic E-state index is -0.0590. The van der Waals surface area contributed by atoms with Crippen molar-refractivity contribution in [2.45, 2.75) is 32.4 Å². The van der Waals surface area contributed by atoms with Gasteiger partial charge in [0.15, 0.2) is 0 Å². The molecule has 1 aliphatic rings. The second-order valence-electron chi connectivity index (χ2n) is 7.15. The van der Waals surface area contributed by atoms with Crippen molar-refractivity contribution < 1.29 is 4.79 Å². The van der Waals surface area contributed by atoms with Gasteiger partial charge in [-0.15, -0.1) is 0 Å². The fourth-order valence-corrected chi connectivity index (χ4v) is 3.65. The molecule has 29 heavy (non-hydrogen) atoms. The number of carbonyl (C=O) groups is 1. The topological polar surface area (TPSA) is 83.0 Å². The van der Waals surface area contributed by atoms with E-state index in [0.717, 1.165) is 43.1 Å². The Bertz CT molecular complexity index is 961. The van der Waals surface area contributed by atoms with Gasteiger partial charge in [0.2, 0.25) is 11.9 Å². The zero-order valence-corrected chi connectivity index (χ0v) is 16.4. The Morgan fingerprint density at radius 3 is 2.72 bits per heavy atom. The summed E-state index contributed by atoms with van der Waals surface area (Å²) in [5.74, 6) is 1.23. The third-order valence-corrected chi connectivity index (χ3v) is 4.95. The average molecular weight is 388 g/mol. The van der Waals surface area contributed by atoms with Crippen molar-refractivity contribution in [1.29, 1.82) is 0 Å². The molecule has 1 aromatic carbocycles. The molecule has 3 heterocycles. The predicted molar refractivity (Wildman–Crippen MR) is 113 cm³/mol. The van der Waals surface area contributed by atoms with E-state index >= 15 is 0 Å². The lowest BCUT2D eigenvalue weighted by molar-refractivity contribution is -0.114. The normalized spacial score (nSPS) is 16.5. The van der Waals surface area contributed by atoms with Gasteiger partial charge in [0.25, 0.3) is 0 Å². The average Bonchev–Trinajstić information content (AvgIpc) is 3.18. The van der Waals surface area contributed by atoms with Crippen LogP contribution in [-0.4, -0.2) is 32.3 Å². The van der Waals surface area contributed by atoms with Crippen LogP contribution in [-0.2, 0) is 11.3 Å². The van der Waals surface area contributed by atoms with Crippen LogP contribution in [0.3, 0.4) is 0 Å². The molecule has 1 saturated heterocycles. The SMILES string of the molecule is CC(=O)Nc1ccc(CN2CCC[C@H]2c2ccnc(Nc3ccccn3)n2)cc1. The van der Waals surface area contributed by atoms with Crippen LogP contribution in [0.15, 0.2) is 60.9 Å². The predicted octanol–water partition coefficient (Wildman–Crippen LogP) is 3.91. The van der Waals surface area contributed by atoms with Crippen molar-refractivity contribution in [3.05, 3.63) is 72.2 Å². The number of anilines is 3. The molecular formula is C22H24N6O. The summed E-state index contributed by atoms with van der Waals surface area (Å²) in [5.41, 5.74) is 3.05. The second-order valence-corrected chi connectivity index (χ2v) is 7.15. The first kappa shape index (κ1) is 19.0. The maximum atomic E-state index is 11.2. The number of likely N-dealkylation sites (tertiary alicyclic amines) is 1.